The maximum Gasteiger partial charge on any atom is 0.212 e. The van der Waals surface area contributed by atoms with E-state index in [0.717, 1.165) is 38.5 Å². The van der Waals surface area contributed by atoms with E-state index in [2.05, 4.69) is 71.4 Å². The van der Waals surface area contributed by atoms with Gasteiger partial charge in [0.1, 0.15) is 0 Å². The normalized spacial score (nSPS) is 13.5. The van der Waals surface area contributed by atoms with Crippen molar-refractivity contribution in [2.75, 3.05) is 0 Å². The summed E-state index contributed by atoms with van der Waals surface area (Å²) in [7, 11) is -1.98. The van der Waals surface area contributed by atoms with Crippen LogP contribution in [0.15, 0.2) is 0 Å². The number of hydrogen-bond donors (Lipinski definition) is 1. The molecule has 3 heteroatoms. The van der Waals surface area contributed by atoms with Gasteiger partial charge in [-0.1, -0.05) is 71.1 Å². The molecule has 0 aliphatic heterocycles. The second kappa shape index (κ2) is 10.3. The van der Waals surface area contributed by atoms with Crippen molar-refractivity contribution in [3.8, 4) is 23.7 Å². The quantitative estimate of drug-likeness (QED) is 0.372. The van der Waals surface area contributed by atoms with Crippen LogP contribution in [0, 0.1) is 23.7 Å². The molecule has 0 aliphatic rings. The summed E-state index contributed by atoms with van der Waals surface area (Å²) in [6, 6.07) is 0. The average molecular weight is 351 g/mol. The lowest BCUT2D eigenvalue weighted by molar-refractivity contribution is 0.0274. The molecule has 0 heterocycles. The van der Waals surface area contributed by atoms with E-state index >= 15 is 0 Å². The topological polar surface area (TPSA) is 29.5 Å². The molecule has 0 spiro atoms. The Morgan fingerprint density at radius 2 is 1.38 bits per heavy atom. The Kier molecular flexibility index (Phi) is 9.97. The Morgan fingerprint density at radius 1 is 0.958 bits per heavy atom. The smallest absolute Gasteiger partial charge is 0.212 e. The van der Waals surface area contributed by atoms with Crippen LogP contribution in [0.5, 0.6) is 0 Å². The Balaban J connectivity index is 5.34. The zero-order chi connectivity index (χ0) is 18.9. The summed E-state index contributed by atoms with van der Waals surface area (Å²) >= 11 is 0. The molecule has 0 aromatic carbocycles. The summed E-state index contributed by atoms with van der Waals surface area (Å²) in [6.07, 6.45) is 5.47. The zero-order valence-corrected chi connectivity index (χ0v) is 18.2. The Hall–Kier alpha value is -0.743. The van der Waals surface area contributed by atoms with E-state index < -0.39 is 20.0 Å². The van der Waals surface area contributed by atoms with Gasteiger partial charge < -0.3 is 9.53 Å². The molecule has 1 N–H and O–H groups in total. The molecule has 0 saturated heterocycles. The minimum absolute atomic E-state index is 0.0907. The minimum Gasteiger partial charge on any atom is -0.409 e. The first-order valence-corrected chi connectivity index (χ1v) is 12.3. The van der Waals surface area contributed by atoms with Gasteiger partial charge in [0.15, 0.2) is 8.32 Å². The summed E-state index contributed by atoms with van der Waals surface area (Å²) in [4.78, 5) is 0. The van der Waals surface area contributed by atoms with Crippen molar-refractivity contribution >= 4 is 8.32 Å². The van der Waals surface area contributed by atoms with E-state index in [4.69, 9.17) is 4.43 Å². The van der Waals surface area contributed by atoms with Gasteiger partial charge in [-0.25, -0.2) is 0 Å². The minimum atomic E-state index is -1.98. The van der Waals surface area contributed by atoms with Gasteiger partial charge in [0, 0.05) is 12.8 Å². The summed E-state index contributed by atoms with van der Waals surface area (Å²) in [5, 5.41) is 11.1. The van der Waals surface area contributed by atoms with Crippen molar-refractivity contribution in [2.24, 2.45) is 0 Å². The van der Waals surface area contributed by atoms with E-state index in [0.29, 0.717) is 0 Å². The highest BCUT2D eigenvalue weighted by atomic mass is 28.4. The van der Waals surface area contributed by atoms with E-state index in [1.54, 1.807) is 0 Å². The number of aliphatic hydroxyl groups is 1. The van der Waals surface area contributed by atoms with Crippen LogP contribution in [0.3, 0.4) is 0 Å². The number of hydrogen-bond acceptors (Lipinski definition) is 2. The molecule has 0 aliphatic carbocycles. The third-order valence-corrected chi connectivity index (χ3v) is 9.29. The number of unbranched alkanes of at least 4 members (excludes halogenated alkanes) is 4. The summed E-state index contributed by atoms with van der Waals surface area (Å²) < 4.78 is 6.37. The second-order valence-corrected chi connectivity index (χ2v) is 12.9. The van der Waals surface area contributed by atoms with Gasteiger partial charge >= 0.3 is 0 Å². The van der Waals surface area contributed by atoms with E-state index in [1.807, 2.05) is 6.92 Å². The van der Waals surface area contributed by atoms with Gasteiger partial charge in [0.25, 0.3) is 0 Å². The van der Waals surface area contributed by atoms with Crippen molar-refractivity contribution < 1.29 is 9.53 Å². The molecule has 0 radical (unpaired) electrons. The first-order valence-electron chi connectivity index (χ1n) is 9.40. The summed E-state index contributed by atoms with van der Waals surface area (Å²) in [5.41, 5.74) is -1.38. The monoisotopic (exact) mass is 350 g/mol. The van der Waals surface area contributed by atoms with Crippen LogP contribution < -0.4 is 0 Å². The average Bonchev–Trinajstić information content (AvgIpc) is 2.46. The van der Waals surface area contributed by atoms with Crippen molar-refractivity contribution in [3.05, 3.63) is 0 Å². The van der Waals surface area contributed by atoms with Crippen LogP contribution in [0.1, 0.15) is 80.1 Å². The van der Waals surface area contributed by atoms with E-state index in [1.165, 1.54) is 0 Å². The maximum absolute atomic E-state index is 11.1. The number of rotatable bonds is 7. The predicted molar refractivity (Wildman–Crippen MR) is 107 cm³/mol. The SMILES string of the molecule is CCCCC#CC(O)(C#CCCCC)C(C)O[Si](C)(C)C(C)(C)C. The van der Waals surface area contributed by atoms with Crippen LogP contribution in [-0.2, 0) is 4.43 Å². The standard InChI is InChI=1S/C21H38O2Si/c1-9-11-13-15-17-21(22,18-16-14-12-10-2)19(3)23-24(7,8)20(4,5)6/h19,22H,9-14H2,1-8H3. The van der Waals surface area contributed by atoms with Crippen LogP contribution in [-0.4, -0.2) is 25.1 Å². The molecule has 24 heavy (non-hydrogen) atoms. The lowest BCUT2D eigenvalue weighted by Gasteiger charge is -2.40. The molecule has 0 aromatic heterocycles. The third-order valence-electron chi connectivity index (χ3n) is 4.73. The Bertz CT molecular complexity index is 454. The van der Waals surface area contributed by atoms with Gasteiger partial charge in [0.2, 0.25) is 5.60 Å². The van der Waals surface area contributed by atoms with Crippen LogP contribution in [0.25, 0.3) is 0 Å². The molecular formula is C21H38O2Si. The molecule has 0 rings (SSSR count). The molecular weight excluding hydrogens is 312 g/mol. The first-order chi connectivity index (χ1) is 11.0. The summed E-state index contributed by atoms with van der Waals surface area (Å²) in [6.45, 7) is 17.2. The fourth-order valence-electron chi connectivity index (χ4n) is 1.86. The molecule has 0 amide bonds. The van der Waals surface area contributed by atoms with Gasteiger partial charge in [-0.15, -0.1) is 0 Å². The van der Waals surface area contributed by atoms with E-state index in [-0.39, 0.29) is 5.04 Å². The molecule has 0 fully saturated rings. The molecule has 1 atom stereocenters. The molecule has 0 bridgehead atoms. The molecule has 0 saturated carbocycles. The molecule has 0 aromatic rings. The zero-order valence-electron chi connectivity index (χ0n) is 17.2. The van der Waals surface area contributed by atoms with Crippen molar-refractivity contribution in [1.82, 2.24) is 0 Å². The third kappa shape index (κ3) is 7.89. The fraction of sp³-hybridized carbons (Fsp3) is 0.810. The Labute approximate surface area is 151 Å². The van der Waals surface area contributed by atoms with E-state index in [9.17, 15) is 5.11 Å². The second-order valence-electron chi connectivity index (χ2n) is 8.10. The van der Waals surface area contributed by atoms with Gasteiger partial charge in [-0.2, -0.15) is 0 Å². The van der Waals surface area contributed by atoms with Crippen LogP contribution in [0.2, 0.25) is 18.1 Å². The lowest BCUT2D eigenvalue weighted by atomic mass is 9.98. The highest BCUT2D eigenvalue weighted by Gasteiger charge is 2.42. The highest BCUT2D eigenvalue weighted by molar-refractivity contribution is 6.74. The first kappa shape index (κ1) is 23.3. The highest BCUT2D eigenvalue weighted by Crippen LogP contribution is 2.38. The maximum atomic E-state index is 11.1. The van der Waals surface area contributed by atoms with Crippen LogP contribution in [0.4, 0.5) is 0 Å². The van der Waals surface area contributed by atoms with Gasteiger partial charge in [0.05, 0.1) is 6.10 Å². The predicted octanol–water partition coefficient (Wildman–Crippen LogP) is 5.52. The lowest BCUT2D eigenvalue weighted by Crippen LogP contribution is -2.50. The molecule has 1 unspecified atom stereocenters. The van der Waals surface area contributed by atoms with Crippen molar-refractivity contribution in [2.45, 2.75) is 110 Å². The fourth-order valence-corrected chi connectivity index (χ4v) is 3.27. The van der Waals surface area contributed by atoms with Gasteiger partial charge in [-0.05, 0) is 37.9 Å². The summed E-state index contributed by atoms with van der Waals surface area (Å²) in [5.74, 6) is 12.2. The Morgan fingerprint density at radius 3 is 1.71 bits per heavy atom. The largest absolute Gasteiger partial charge is 0.409 e. The van der Waals surface area contributed by atoms with Crippen LogP contribution >= 0.6 is 0 Å². The van der Waals surface area contributed by atoms with Crippen molar-refractivity contribution in [3.63, 3.8) is 0 Å². The molecule has 138 valence electrons. The van der Waals surface area contributed by atoms with Gasteiger partial charge in [-0.3, -0.25) is 0 Å². The van der Waals surface area contributed by atoms with Crippen molar-refractivity contribution in [1.29, 1.82) is 0 Å². The molecule has 2 nitrogen and oxygen atoms in total.